The van der Waals surface area contributed by atoms with E-state index in [2.05, 4.69) is 13.1 Å². The monoisotopic (exact) mass is 617 g/mol. The Morgan fingerprint density at radius 3 is 2.36 bits per heavy atom. The molecule has 1 saturated heterocycles. The number of aliphatic hydroxyl groups excluding tert-OH is 1. The molecule has 0 bridgehead atoms. The highest BCUT2D eigenvalue weighted by atomic mass is 31.3. The second kappa shape index (κ2) is 11.6. The molecule has 19 nitrogen and oxygen atoms in total. The molecule has 2 aromatic rings. The van der Waals surface area contributed by atoms with Crippen LogP contribution in [0.1, 0.15) is 23.8 Å². The summed E-state index contributed by atoms with van der Waals surface area (Å²) in [7, 11) is -16.8. The number of para-hydroxylation sites is 1. The Hall–Kier alpha value is -2.37. The van der Waals surface area contributed by atoms with Crippen molar-refractivity contribution < 1.29 is 61.2 Å². The van der Waals surface area contributed by atoms with E-state index < -0.39 is 71.2 Å². The smallest absolute Gasteiger partial charge is 0.390 e. The maximum absolute atomic E-state index is 13.1. The molecule has 3 unspecified atom stereocenters. The summed E-state index contributed by atoms with van der Waals surface area (Å²) in [4.78, 5) is 72.4. The van der Waals surface area contributed by atoms with Crippen LogP contribution in [0.4, 0.5) is 5.69 Å². The zero-order valence-corrected chi connectivity index (χ0v) is 22.3. The predicted molar refractivity (Wildman–Crippen MR) is 126 cm³/mol. The summed E-state index contributed by atoms with van der Waals surface area (Å²) < 4.78 is 52.9. The molecular weight excluding hydrogens is 595 g/mol. The molecule has 0 saturated carbocycles. The number of phosphoric acid groups is 3. The highest BCUT2D eigenvalue weighted by molar-refractivity contribution is 7.66. The van der Waals surface area contributed by atoms with Crippen LogP contribution in [0.3, 0.4) is 0 Å². The lowest BCUT2D eigenvalue weighted by atomic mass is 10.1. The minimum absolute atomic E-state index is 0.0444. The minimum atomic E-state index is -5.76. The molecule has 1 aromatic carbocycles. The van der Waals surface area contributed by atoms with Crippen molar-refractivity contribution in [1.82, 2.24) is 9.13 Å². The van der Waals surface area contributed by atoms with Crippen LogP contribution in [0.15, 0.2) is 40.1 Å². The fourth-order valence-corrected chi connectivity index (χ4v) is 6.63. The van der Waals surface area contributed by atoms with E-state index in [9.17, 15) is 48.3 Å². The Morgan fingerprint density at radius 2 is 1.74 bits per heavy atom. The van der Waals surface area contributed by atoms with E-state index in [1.54, 1.807) is 0 Å². The number of benzene rings is 1. The number of aryl methyl sites for hydroxylation is 1. The Kier molecular flexibility index (Phi) is 9.29. The molecule has 0 spiro atoms. The van der Waals surface area contributed by atoms with E-state index in [-0.39, 0.29) is 23.2 Å². The minimum Gasteiger partial charge on any atom is -0.390 e. The van der Waals surface area contributed by atoms with E-state index in [1.807, 2.05) is 0 Å². The van der Waals surface area contributed by atoms with Crippen molar-refractivity contribution in [3.8, 4) is 0 Å². The summed E-state index contributed by atoms with van der Waals surface area (Å²) >= 11 is 0. The van der Waals surface area contributed by atoms with Gasteiger partial charge in [-0.2, -0.15) is 8.62 Å². The van der Waals surface area contributed by atoms with Gasteiger partial charge in [-0.3, -0.25) is 28.6 Å². The molecule has 5 atom stereocenters. The third-order valence-electron chi connectivity index (χ3n) is 5.22. The van der Waals surface area contributed by atoms with Crippen molar-refractivity contribution in [2.45, 2.75) is 38.3 Å². The van der Waals surface area contributed by atoms with Gasteiger partial charge in [-0.15, -0.1) is 0 Å². The number of nitro groups is 1. The van der Waals surface area contributed by atoms with Crippen molar-refractivity contribution in [2.24, 2.45) is 0 Å². The van der Waals surface area contributed by atoms with E-state index in [0.29, 0.717) is 0 Å². The second-order valence-corrected chi connectivity index (χ2v) is 12.5. The summed E-state index contributed by atoms with van der Waals surface area (Å²) in [6.07, 6.45) is -3.29. The molecule has 2 heterocycles. The molecule has 0 radical (unpaired) electrons. The Labute approximate surface area is 217 Å². The number of nitro benzene ring substituents is 1. The first-order valence-corrected chi connectivity index (χ1v) is 15.1. The number of hydrogen-bond donors (Lipinski definition) is 5. The third-order valence-corrected chi connectivity index (χ3v) is 9.02. The average Bonchev–Trinajstić information content (AvgIpc) is 3.15. The molecule has 3 rings (SSSR count). The Morgan fingerprint density at radius 1 is 1.10 bits per heavy atom. The van der Waals surface area contributed by atoms with Gasteiger partial charge in [-0.1, -0.05) is 18.2 Å². The molecule has 1 aromatic heterocycles. The normalized spacial score (nSPS) is 22.8. The average molecular weight is 617 g/mol. The van der Waals surface area contributed by atoms with Crippen molar-refractivity contribution >= 4 is 29.2 Å². The molecular formula is C17H22N3O16P3. The zero-order chi connectivity index (χ0) is 29.3. The van der Waals surface area contributed by atoms with Crippen LogP contribution >= 0.6 is 23.5 Å². The molecule has 216 valence electrons. The van der Waals surface area contributed by atoms with Gasteiger partial charge in [0.2, 0.25) is 0 Å². The molecule has 0 aliphatic carbocycles. The topological polar surface area (TPSA) is 276 Å². The van der Waals surface area contributed by atoms with Crippen LogP contribution in [-0.4, -0.2) is 57.6 Å². The molecule has 5 N–H and O–H groups in total. The number of aromatic nitrogens is 2. The van der Waals surface area contributed by atoms with Crippen LogP contribution < -0.4 is 11.2 Å². The molecule has 0 amide bonds. The largest absolute Gasteiger partial charge is 0.490 e. The Bertz CT molecular complexity index is 1520. The predicted octanol–water partition coefficient (Wildman–Crippen LogP) is 0.267. The quantitative estimate of drug-likeness (QED) is 0.128. The fourth-order valence-electron chi connectivity index (χ4n) is 3.60. The van der Waals surface area contributed by atoms with Crippen molar-refractivity contribution in [1.29, 1.82) is 0 Å². The van der Waals surface area contributed by atoms with E-state index >= 15 is 0 Å². The van der Waals surface area contributed by atoms with Crippen LogP contribution in [0, 0.1) is 17.0 Å². The highest BCUT2D eigenvalue weighted by Gasteiger charge is 2.43. The Balaban J connectivity index is 1.79. The maximum Gasteiger partial charge on any atom is 0.490 e. The summed E-state index contributed by atoms with van der Waals surface area (Å²) in [5.41, 5.74) is -1.90. The fraction of sp³-hybridized carbons (Fsp3) is 0.412. The SMILES string of the molecule is Cc1cn([C@H]2CC(O)[C@@H](COP(=O)(O)OP(=O)(O)OP(=O)(O)O)O2)c(=O)n(Cc2ccccc2[N+](=O)[O-])c1=O. The van der Waals surface area contributed by atoms with Gasteiger partial charge in [0.25, 0.3) is 11.2 Å². The number of aliphatic hydroxyl groups is 1. The van der Waals surface area contributed by atoms with Gasteiger partial charge in [0.1, 0.15) is 12.3 Å². The van der Waals surface area contributed by atoms with Crippen molar-refractivity contribution in [2.75, 3.05) is 6.61 Å². The lowest BCUT2D eigenvalue weighted by Crippen LogP contribution is -2.42. The second-order valence-electron chi connectivity index (χ2n) is 8.10. The van der Waals surface area contributed by atoms with Gasteiger partial charge < -0.3 is 29.4 Å². The van der Waals surface area contributed by atoms with Gasteiger partial charge in [0.05, 0.1) is 24.2 Å². The molecule has 1 aliphatic heterocycles. The number of rotatable bonds is 11. The first kappa shape index (κ1) is 31.2. The number of ether oxygens (including phenoxy) is 1. The summed E-state index contributed by atoms with van der Waals surface area (Å²) in [6.45, 7) is -0.0570. The summed E-state index contributed by atoms with van der Waals surface area (Å²) in [5, 5.41) is 21.6. The number of hydrogen-bond acceptors (Lipinski definition) is 12. The van der Waals surface area contributed by atoms with Crippen LogP contribution in [0.25, 0.3) is 0 Å². The lowest BCUT2D eigenvalue weighted by Gasteiger charge is -2.20. The van der Waals surface area contributed by atoms with E-state index in [1.165, 1.54) is 31.2 Å². The lowest BCUT2D eigenvalue weighted by molar-refractivity contribution is -0.385. The van der Waals surface area contributed by atoms with Gasteiger partial charge in [0.15, 0.2) is 0 Å². The third kappa shape index (κ3) is 8.08. The van der Waals surface area contributed by atoms with Gasteiger partial charge in [0, 0.05) is 29.8 Å². The van der Waals surface area contributed by atoms with E-state index in [4.69, 9.17) is 14.5 Å². The van der Waals surface area contributed by atoms with Crippen molar-refractivity contribution in [3.63, 3.8) is 0 Å². The standard InChI is InChI=1S/C17H22N3O16P3/c1-10-7-18(17(23)19(16(10)22)8-11-4-2-3-5-12(11)20(24)25)15-6-13(21)14(34-15)9-33-38(29,30)36-39(31,32)35-37(26,27)28/h2-5,7,13-15,21H,6,8-9H2,1H3,(H,29,30)(H,31,32)(H2,26,27,28)/t13?,14-,15-/m1/s1. The summed E-state index contributed by atoms with van der Waals surface area (Å²) in [6, 6.07) is 5.47. The van der Waals surface area contributed by atoms with Crippen LogP contribution in [-0.2, 0) is 38.1 Å². The van der Waals surface area contributed by atoms with Crippen molar-refractivity contribution in [3.05, 3.63) is 72.5 Å². The number of phosphoric ester groups is 1. The maximum atomic E-state index is 13.1. The van der Waals surface area contributed by atoms with Crippen LogP contribution in [0.2, 0.25) is 0 Å². The molecule has 1 fully saturated rings. The number of nitrogens with zero attached hydrogens (tertiary/aromatic N) is 3. The molecule has 22 heteroatoms. The molecule has 39 heavy (non-hydrogen) atoms. The van der Waals surface area contributed by atoms with Gasteiger partial charge in [-0.05, 0) is 6.92 Å². The molecule has 1 aliphatic rings. The first-order chi connectivity index (χ1) is 17.9. The highest BCUT2D eigenvalue weighted by Crippen LogP contribution is 2.66. The van der Waals surface area contributed by atoms with Crippen LogP contribution in [0.5, 0.6) is 0 Å². The zero-order valence-electron chi connectivity index (χ0n) is 19.7. The van der Waals surface area contributed by atoms with Gasteiger partial charge in [-0.25, -0.2) is 18.5 Å². The first-order valence-electron chi connectivity index (χ1n) is 10.6. The summed E-state index contributed by atoms with van der Waals surface area (Å²) in [5.74, 6) is 0. The van der Waals surface area contributed by atoms with E-state index in [0.717, 1.165) is 15.3 Å². The van der Waals surface area contributed by atoms with Gasteiger partial charge >= 0.3 is 29.2 Å².